The van der Waals surface area contributed by atoms with Gasteiger partial charge in [0, 0.05) is 32.1 Å². The van der Waals surface area contributed by atoms with E-state index in [0.29, 0.717) is 30.6 Å². The van der Waals surface area contributed by atoms with Gasteiger partial charge in [-0.3, -0.25) is 9.59 Å². The van der Waals surface area contributed by atoms with Crippen molar-refractivity contribution in [2.45, 2.75) is 55.9 Å². The maximum absolute atomic E-state index is 13.1. The van der Waals surface area contributed by atoms with E-state index in [-0.39, 0.29) is 27.6 Å². The van der Waals surface area contributed by atoms with Gasteiger partial charge in [0.05, 0.1) is 15.1 Å². The molecule has 2 aliphatic rings. The predicted octanol–water partition coefficient (Wildman–Crippen LogP) is 2.45. The molecule has 9 heteroatoms. The number of hydrogen-bond donors (Lipinski definition) is 1. The third-order valence-electron chi connectivity index (χ3n) is 6.18. The van der Waals surface area contributed by atoms with Crippen LogP contribution in [0.2, 0.25) is 0 Å². The monoisotopic (exact) mass is 437 g/mol. The lowest BCUT2D eigenvalue weighted by molar-refractivity contribution is -0.127. The summed E-state index contributed by atoms with van der Waals surface area (Å²) in [6, 6.07) is 5.11. The van der Waals surface area contributed by atoms with Crippen LogP contribution < -0.4 is 10.2 Å². The summed E-state index contributed by atoms with van der Waals surface area (Å²) in [5.41, 5.74) is 0.733. The van der Waals surface area contributed by atoms with E-state index in [0.717, 1.165) is 29.7 Å². The summed E-state index contributed by atoms with van der Waals surface area (Å²) < 4.78 is 29.8. The maximum Gasteiger partial charge on any atom is 0.307 e. The zero-order valence-electron chi connectivity index (χ0n) is 16.6. The van der Waals surface area contributed by atoms with Gasteiger partial charge in [-0.2, -0.15) is 4.31 Å². The molecule has 2 fully saturated rings. The third-order valence-corrected chi connectivity index (χ3v) is 9.07. The minimum absolute atomic E-state index is 0.0735. The molecule has 0 atom stereocenters. The van der Waals surface area contributed by atoms with Gasteiger partial charge in [0.15, 0.2) is 0 Å². The molecule has 7 nitrogen and oxygen atoms in total. The highest BCUT2D eigenvalue weighted by atomic mass is 32.2. The van der Waals surface area contributed by atoms with Gasteiger partial charge in [0.2, 0.25) is 15.9 Å². The number of nitrogens with one attached hydrogen (secondary N) is 1. The summed E-state index contributed by atoms with van der Waals surface area (Å²) in [7, 11) is -1.96. The molecule has 1 saturated heterocycles. The van der Waals surface area contributed by atoms with Crippen molar-refractivity contribution < 1.29 is 13.2 Å². The van der Waals surface area contributed by atoms with E-state index < -0.39 is 10.0 Å². The summed E-state index contributed by atoms with van der Waals surface area (Å²) in [5.74, 6) is -0.0466. The Hall–Kier alpha value is -1.71. The Morgan fingerprint density at radius 3 is 2.48 bits per heavy atom. The Bertz CT molecular complexity index is 1060. The molecule has 29 heavy (non-hydrogen) atoms. The average molecular weight is 438 g/mol. The molecule has 0 radical (unpaired) electrons. The summed E-state index contributed by atoms with van der Waals surface area (Å²) >= 11 is 1.05. The van der Waals surface area contributed by atoms with Crippen LogP contribution in [0.3, 0.4) is 0 Å². The number of carbonyl (C=O) groups excluding carboxylic acids is 1. The molecule has 158 valence electrons. The van der Waals surface area contributed by atoms with Crippen LogP contribution in [0.5, 0.6) is 0 Å². The van der Waals surface area contributed by atoms with Crippen molar-refractivity contribution in [1.29, 1.82) is 0 Å². The minimum atomic E-state index is -3.64. The molecule has 1 aromatic heterocycles. The number of piperidine rings is 1. The second kappa shape index (κ2) is 8.20. The van der Waals surface area contributed by atoms with Gasteiger partial charge < -0.3 is 9.88 Å². The predicted molar refractivity (Wildman–Crippen MR) is 114 cm³/mol. The average Bonchev–Trinajstić information content (AvgIpc) is 3.02. The number of sulfonamides is 1. The van der Waals surface area contributed by atoms with Gasteiger partial charge in [-0.15, -0.1) is 0 Å². The fraction of sp³-hybridized carbons (Fsp3) is 0.600. The molecule has 1 aliphatic heterocycles. The first-order valence-corrected chi connectivity index (χ1v) is 12.5. The Labute approximate surface area is 174 Å². The van der Waals surface area contributed by atoms with E-state index in [9.17, 15) is 18.0 Å². The zero-order valence-corrected chi connectivity index (χ0v) is 18.2. The highest BCUT2D eigenvalue weighted by Gasteiger charge is 2.33. The molecule has 1 aromatic carbocycles. The number of aryl methyl sites for hydroxylation is 1. The second-order valence-corrected chi connectivity index (χ2v) is 11.0. The van der Waals surface area contributed by atoms with Crippen molar-refractivity contribution in [1.82, 2.24) is 14.2 Å². The second-order valence-electron chi connectivity index (χ2n) is 8.08. The number of nitrogens with zero attached hydrogens (tertiary/aromatic N) is 2. The molecular formula is C20H27N3O4S2. The Morgan fingerprint density at radius 2 is 1.79 bits per heavy atom. The topological polar surface area (TPSA) is 88.5 Å². The molecule has 4 rings (SSSR count). The lowest BCUT2D eigenvalue weighted by Gasteiger charge is -2.32. The van der Waals surface area contributed by atoms with E-state index >= 15 is 0 Å². The molecule has 0 unspecified atom stereocenters. The van der Waals surface area contributed by atoms with Crippen LogP contribution in [-0.4, -0.2) is 42.3 Å². The summed E-state index contributed by atoms with van der Waals surface area (Å²) in [5, 5.41) is 3.16. The number of rotatable bonds is 4. The van der Waals surface area contributed by atoms with Gasteiger partial charge >= 0.3 is 4.87 Å². The smallest absolute Gasteiger partial charge is 0.307 e. The SMILES string of the molecule is Cn1c(=O)sc2cc(S(=O)(=O)N3CCC(C(=O)NC4CCCCC4)CC3)ccc21. The van der Waals surface area contributed by atoms with Gasteiger partial charge in [0.25, 0.3) is 0 Å². The van der Waals surface area contributed by atoms with Crippen LogP contribution in [0.1, 0.15) is 44.9 Å². The van der Waals surface area contributed by atoms with E-state index in [1.165, 1.54) is 28.1 Å². The van der Waals surface area contributed by atoms with E-state index in [4.69, 9.17) is 0 Å². The molecule has 1 saturated carbocycles. The molecule has 2 aromatic rings. The molecule has 1 N–H and O–H groups in total. The minimum Gasteiger partial charge on any atom is -0.353 e. The van der Waals surface area contributed by atoms with Crippen molar-refractivity contribution in [3.05, 3.63) is 27.9 Å². The molecular weight excluding hydrogens is 410 g/mol. The first kappa shape index (κ1) is 20.6. The largest absolute Gasteiger partial charge is 0.353 e. The Morgan fingerprint density at radius 1 is 1.10 bits per heavy atom. The van der Waals surface area contributed by atoms with Gasteiger partial charge in [-0.05, 0) is 43.9 Å². The number of benzene rings is 1. The van der Waals surface area contributed by atoms with Gasteiger partial charge in [-0.25, -0.2) is 8.42 Å². The molecule has 0 bridgehead atoms. The summed E-state index contributed by atoms with van der Waals surface area (Å²) in [4.78, 5) is 24.5. The standard InChI is InChI=1S/C20H27N3O4S2/c1-22-17-8-7-16(13-18(17)28-20(22)25)29(26,27)23-11-9-14(10-12-23)19(24)21-15-5-3-2-4-6-15/h7-8,13-15H,2-6,9-12H2,1H3,(H,21,24). The maximum atomic E-state index is 13.1. The lowest BCUT2D eigenvalue weighted by atomic mass is 9.93. The van der Waals surface area contributed by atoms with Gasteiger partial charge in [0.1, 0.15) is 0 Å². The van der Waals surface area contributed by atoms with Crippen LogP contribution in [0.4, 0.5) is 0 Å². The van der Waals surface area contributed by atoms with E-state index in [1.54, 1.807) is 25.2 Å². The van der Waals surface area contributed by atoms with Crippen LogP contribution >= 0.6 is 11.3 Å². The van der Waals surface area contributed by atoms with Crippen molar-refractivity contribution in [2.75, 3.05) is 13.1 Å². The van der Waals surface area contributed by atoms with Crippen molar-refractivity contribution in [3.63, 3.8) is 0 Å². The van der Waals surface area contributed by atoms with Gasteiger partial charge in [-0.1, -0.05) is 30.6 Å². The number of aromatic nitrogens is 1. The van der Waals surface area contributed by atoms with Crippen molar-refractivity contribution in [2.24, 2.45) is 13.0 Å². The molecule has 2 heterocycles. The molecule has 0 spiro atoms. The number of fused-ring (bicyclic) bond motifs is 1. The Balaban J connectivity index is 1.42. The highest BCUT2D eigenvalue weighted by molar-refractivity contribution is 7.89. The normalized spacial score (nSPS) is 20.2. The van der Waals surface area contributed by atoms with Crippen LogP contribution in [0, 0.1) is 5.92 Å². The number of thiazole rings is 1. The number of carbonyl (C=O) groups is 1. The fourth-order valence-corrected chi connectivity index (χ4v) is 6.84. The highest BCUT2D eigenvalue weighted by Crippen LogP contribution is 2.27. The van der Waals surface area contributed by atoms with E-state index in [1.807, 2.05) is 0 Å². The van der Waals surface area contributed by atoms with E-state index in [2.05, 4.69) is 5.32 Å². The van der Waals surface area contributed by atoms with Crippen molar-refractivity contribution in [3.8, 4) is 0 Å². The lowest BCUT2D eigenvalue weighted by Crippen LogP contribution is -2.45. The summed E-state index contributed by atoms with van der Waals surface area (Å²) in [6.45, 7) is 0.683. The van der Waals surface area contributed by atoms with Crippen molar-refractivity contribution >= 4 is 37.5 Å². The number of amides is 1. The fourth-order valence-electron chi connectivity index (χ4n) is 4.35. The third kappa shape index (κ3) is 4.13. The molecule has 1 aliphatic carbocycles. The summed E-state index contributed by atoms with van der Waals surface area (Å²) in [6.07, 6.45) is 6.76. The zero-order chi connectivity index (χ0) is 20.6. The molecule has 1 amide bonds. The van der Waals surface area contributed by atoms with Crippen LogP contribution in [-0.2, 0) is 21.9 Å². The Kier molecular flexibility index (Phi) is 5.81. The number of hydrogen-bond acceptors (Lipinski definition) is 5. The quantitative estimate of drug-likeness (QED) is 0.796. The first-order chi connectivity index (χ1) is 13.9. The van der Waals surface area contributed by atoms with Crippen LogP contribution in [0.15, 0.2) is 27.9 Å². The first-order valence-electron chi connectivity index (χ1n) is 10.3. The van der Waals surface area contributed by atoms with Crippen LogP contribution in [0.25, 0.3) is 10.2 Å².